The average molecular weight is 1380 g/mol. The van der Waals surface area contributed by atoms with Gasteiger partial charge in [0.1, 0.15) is 0 Å². The van der Waals surface area contributed by atoms with Gasteiger partial charge < -0.3 is 14.4 Å². The van der Waals surface area contributed by atoms with Crippen LogP contribution in [0.5, 0.6) is 0 Å². The highest BCUT2D eigenvalue weighted by Gasteiger charge is 2.59. The van der Waals surface area contributed by atoms with Crippen LogP contribution in [0.25, 0.3) is 105 Å². The van der Waals surface area contributed by atoms with E-state index < -0.39 is 16.2 Å². The lowest BCUT2D eigenvalue weighted by Gasteiger charge is -2.46. The van der Waals surface area contributed by atoms with Crippen molar-refractivity contribution in [3.8, 4) is 83.6 Å². The van der Waals surface area contributed by atoms with E-state index in [-0.39, 0.29) is 6.71 Å². The van der Waals surface area contributed by atoms with Gasteiger partial charge in [0.2, 0.25) is 0 Å². The Kier molecular flexibility index (Phi) is 11.2. The third kappa shape index (κ3) is 6.92. The Bertz CT molecular complexity index is 6950. The van der Waals surface area contributed by atoms with Crippen molar-refractivity contribution >= 4 is 79.0 Å². The molecule has 3 nitrogen and oxygen atoms in total. The standard InChI is InChI=1S/C105H62BN3/c1-2-26-63(27-3-1)64-50-52-65(53-51-64)108-96-61-67(107-94-48-24-13-35-76(94)77-36-14-25-49-95(77)107)62-97-100(96)106(92-58-56-89-98(101(92)108)78-37-11-22-46-87(78)103(89)80-39-15-4-28-68(80)69-29-5-16-40-81(69)103)93-59-57-90-99(79-38-12-23-47-88(79)104(90)82-41-17-6-30-70(82)71-31-7-18-42-83(71)104)102(93)109(97)66-54-55-75-74-34-10-21-45-86(74)105(91(75)60-66)84-43-19-8-32-72(84)73-33-9-20-44-85(73)105/h1-62H. The van der Waals surface area contributed by atoms with E-state index in [0.717, 1.165) is 39.5 Å². The van der Waals surface area contributed by atoms with Crippen LogP contribution in [0, 0.1) is 0 Å². The Labute approximate surface area is 631 Å². The molecule has 0 N–H and O–H groups in total. The molecule has 2 aliphatic heterocycles. The minimum atomic E-state index is -0.628. The van der Waals surface area contributed by atoms with Crippen LogP contribution in [-0.2, 0) is 16.2 Å². The molecule has 4 heteroatoms. The number of nitrogens with zero attached hydrogens (tertiary/aromatic N) is 3. The van der Waals surface area contributed by atoms with Crippen LogP contribution in [0.15, 0.2) is 376 Å². The molecule has 0 saturated heterocycles. The summed E-state index contributed by atoms with van der Waals surface area (Å²) < 4.78 is 2.58. The fourth-order valence-corrected chi connectivity index (χ4v) is 22.8. The second-order valence-electron chi connectivity index (χ2n) is 31.0. The molecule has 17 aromatic carbocycles. The predicted octanol–water partition coefficient (Wildman–Crippen LogP) is 23.6. The highest BCUT2D eigenvalue weighted by atomic mass is 15.2. The SMILES string of the molecule is c1ccc(-c2ccc(N3c4cc(-n5c6ccccc6c6ccccc65)cc5c4B(c4ccc6c(c43)-c3ccccc3C63c4ccccc4-c4ccccc43)c3ccc4c(c3N5c3ccc5c(c3)C3(c6ccccc6-c6ccccc63)c3ccccc3-5)-c3ccccc3C43c4ccccc4-c4ccccc43)cc2)cc1. The molecule has 6 aliphatic carbocycles. The molecule has 0 bridgehead atoms. The number of hydrogen-bond donors (Lipinski definition) is 0. The summed E-state index contributed by atoms with van der Waals surface area (Å²) in [4.78, 5) is 5.52. The molecule has 0 radical (unpaired) electrons. The molecule has 0 fully saturated rings. The quantitative estimate of drug-likeness (QED) is 0.163. The van der Waals surface area contributed by atoms with Crippen molar-refractivity contribution in [1.82, 2.24) is 4.57 Å². The second-order valence-corrected chi connectivity index (χ2v) is 31.0. The number of rotatable bonds is 4. The maximum Gasteiger partial charge on any atom is 0.252 e. The van der Waals surface area contributed by atoms with Crippen LogP contribution < -0.4 is 26.2 Å². The van der Waals surface area contributed by atoms with Crippen LogP contribution >= 0.6 is 0 Å². The average Bonchev–Trinajstić information content (AvgIpc) is 1.55. The molecule has 109 heavy (non-hydrogen) atoms. The molecule has 0 atom stereocenters. The maximum atomic E-state index is 2.79. The highest BCUT2D eigenvalue weighted by Crippen LogP contribution is 2.69. The Morgan fingerprint density at radius 1 is 0.211 bits per heavy atom. The van der Waals surface area contributed by atoms with Gasteiger partial charge in [0.25, 0.3) is 6.71 Å². The fraction of sp³-hybridized carbons (Fsp3) is 0.0286. The first-order chi connectivity index (χ1) is 54.1. The molecule has 0 amide bonds. The Hall–Kier alpha value is -13.8. The van der Waals surface area contributed by atoms with Gasteiger partial charge in [-0.15, -0.1) is 0 Å². The lowest BCUT2D eigenvalue weighted by atomic mass is 9.33. The van der Waals surface area contributed by atoms with Crippen LogP contribution in [0.4, 0.5) is 34.1 Å². The Morgan fingerprint density at radius 3 is 0.936 bits per heavy atom. The summed E-state index contributed by atoms with van der Waals surface area (Å²) >= 11 is 0. The first-order valence-electron chi connectivity index (χ1n) is 38.4. The van der Waals surface area contributed by atoms with Gasteiger partial charge in [-0.1, -0.05) is 328 Å². The van der Waals surface area contributed by atoms with E-state index in [1.165, 1.54) is 183 Å². The molecule has 0 saturated carbocycles. The van der Waals surface area contributed by atoms with Gasteiger partial charge in [-0.2, -0.15) is 0 Å². The largest absolute Gasteiger partial charge is 0.311 e. The smallest absolute Gasteiger partial charge is 0.252 e. The molecule has 500 valence electrons. The summed E-state index contributed by atoms with van der Waals surface area (Å²) in [5.74, 6) is 0. The third-order valence-corrected chi connectivity index (χ3v) is 26.6. The molecule has 1 aromatic heterocycles. The number of aromatic nitrogens is 1. The fourth-order valence-electron chi connectivity index (χ4n) is 22.8. The van der Waals surface area contributed by atoms with Crippen molar-refractivity contribution in [2.75, 3.05) is 9.80 Å². The third-order valence-electron chi connectivity index (χ3n) is 26.6. The van der Waals surface area contributed by atoms with Crippen molar-refractivity contribution in [1.29, 1.82) is 0 Å². The molecule has 8 aliphatic rings. The number of hydrogen-bond acceptors (Lipinski definition) is 2. The van der Waals surface area contributed by atoms with E-state index in [9.17, 15) is 0 Å². The zero-order valence-corrected chi connectivity index (χ0v) is 59.2. The monoisotopic (exact) mass is 1380 g/mol. The molecule has 0 unspecified atom stereocenters. The molecule has 3 spiro atoms. The van der Waals surface area contributed by atoms with Gasteiger partial charge in [-0.05, 0) is 198 Å². The summed E-state index contributed by atoms with van der Waals surface area (Å²) in [6, 6.07) is 146. The van der Waals surface area contributed by atoms with E-state index in [2.05, 4.69) is 390 Å². The molecule has 18 aromatic rings. The summed E-state index contributed by atoms with van der Waals surface area (Å²) in [6.07, 6.45) is 0. The van der Waals surface area contributed by atoms with Crippen molar-refractivity contribution in [2.24, 2.45) is 0 Å². The zero-order chi connectivity index (χ0) is 70.7. The zero-order valence-electron chi connectivity index (χ0n) is 59.2. The van der Waals surface area contributed by atoms with Gasteiger partial charge in [-0.25, -0.2) is 0 Å². The van der Waals surface area contributed by atoms with E-state index in [1.807, 2.05) is 0 Å². The van der Waals surface area contributed by atoms with Gasteiger partial charge >= 0.3 is 0 Å². The van der Waals surface area contributed by atoms with Crippen molar-refractivity contribution in [3.05, 3.63) is 443 Å². The lowest BCUT2D eigenvalue weighted by molar-refractivity contribution is 0.793. The number of anilines is 6. The van der Waals surface area contributed by atoms with Gasteiger partial charge in [0, 0.05) is 56.0 Å². The van der Waals surface area contributed by atoms with Crippen LogP contribution in [0.2, 0.25) is 0 Å². The first kappa shape index (κ1) is 58.5. The summed E-state index contributed by atoms with van der Waals surface area (Å²) in [6.45, 7) is -0.272. The molecular formula is C105H62BN3. The molecular weight excluding hydrogens is 1310 g/mol. The topological polar surface area (TPSA) is 11.4 Å². The van der Waals surface area contributed by atoms with E-state index in [0.29, 0.717) is 0 Å². The molecule has 26 rings (SSSR count). The van der Waals surface area contributed by atoms with Gasteiger partial charge in [0.05, 0.1) is 33.0 Å². The van der Waals surface area contributed by atoms with Gasteiger partial charge in [0.15, 0.2) is 0 Å². The van der Waals surface area contributed by atoms with Crippen molar-refractivity contribution < 1.29 is 0 Å². The second kappa shape index (κ2) is 20.8. The summed E-state index contributed by atoms with van der Waals surface area (Å²) in [5.41, 5.74) is 45.8. The normalized spacial score (nSPS) is 15.0. The van der Waals surface area contributed by atoms with E-state index in [4.69, 9.17) is 0 Å². The highest BCUT2D eigenvalue weighted by molar-refractivity contribution is 7.00. The summed E-state index contributed by atoms with van der Waals surface area (Å²) in [5, 5.41) is 2.44. The summed E-state index contributed by atoms with van der Waals surface area (Å²) in [7, 11) is 0. The Balaban J connectivity index is 0.847. The lowest BCUT2D eigenvalue weighted by Crippen LogP contribution is -2.61. The predicted molar refractivity (Wildman–Crippen MR) is 449 cm³/mol. The number of benzene rings is 17. The van der Waals surface area contributed by atoms with Crippen LogP contribution in [0.3, 0.4) is 0 Å². The minimum Gasteiger partial charge on any atom is -0.311 e. The van der Waals surface area contributed by atoms with E-state index in [1.54, 1.807) is 0 Å². The van der Waals surface area contributed by atoms with E-state index >= 15 is 0 Å². The minimum absolute atomic E-state index is 0.272. The Morgan fingerprint density at radius 2 is 0.523 bits per heavy atom. The number of fused-ring (bicyclic) bond motifs is 39. The van der Waals surface area contributed by atoms with Crippen molar-refractivity contribution in [3.63, 3.8) is 0 Å². The first-order valence-corrected chi connectivity index (χ1v) is 38.4. The van der Waals surface area contributed by atoms with Crippen LogP contribution in [0.1, 0.15) is 66.8 Å². The molecule has 3 heterocycles. The van der Waals surface area contributed by atoms with Gasteiger partial charge in [-0.3, -0.25) is 0 Å². The number of para-hydroxylation sites is 2. The van der Waals surface area contributed by atoms with Crippen molar-refractivity contribution in [2.45, 2.75) is 16.2 Å². The van der Waals surface area contributed by atoms with Crippen LogP contribution in [-0.4, -0.2) is 11.3 Å². The maximum absolute atomic E-state index is 2.79.